The van der Waals surface area contributed by atoms with Gasteiger partial charge in [0.2, 0.25) is 23.2 Å². The van der Waals surface area contributed by atoms with Gasteiger partial charge in [-0.3, -0.25) is 4.79 Å². The lowest BCUT2D eigenvalue weighted by Gasteiger charge is -2.10. The Labute approximate surface area is 251 Å². The van der Waals surface area contributed by atoms with E-state index in [9.17, 15) is 4.79 Å². The Hall–Kier alpha value is -6.23. The van der Waals surface area contributed by atoms with E-state index in [0.717, 1.165) is 16.6 Å². The van der Waals surface area contributed by atoms with Crippen molar-refractivity contribution in [3.8, 4) is 34.4 Å². The second-order valence-electron chi connectivity index (χ2n) is 9.42. The summed E-state index contributed by atoms with van der Waals surface area (Å²) in [6.07, 6.45) is 3.33. The van der Waals surface area contributed by atoms with Crippen molar-refractivity contribution >= 4 is 39.7 Å². The minimum absolute atomic E-state index is 0.266. The van der Waals surface area contributed by atoms with Gasteiger partial charge in [0.1, 0.15) is 11.0 Å². The molecule has 4 heterocycles. The zero-order valence-electron chi connectivity index (χ0n) is 23.7. The van der Waals surface area contributed by atoms with Crippen molar-refractivity contribution in [2.24, 2.45) is 0 Å². The molecule has 0 fully saturated rings. The number of hydrogen-bond acceptors (Lipinski definition) is 10. The third-order valence-corrected chi connectivity index (χ3v) is 6.48. The average Bonchev–Trinajstić information content (AvgIpc) is 3.70. The van der Waals surface area contributed by atoms with Crippen LogP contribution in [0.2, 0.25) is 0 Å². The number of nitrogens with zero attached hydrogens (tertiary/aromatic N) is 4. The molecule has 0 unspecified atom stereocenters. The molecule has 0 aliphatic rings. The average molecular weight is 587 g/mol. The summed E-state index contributed by atoms with van der Waals surface area (Å²) in [5, 5.41) is 2.87. The molecular weight excluding hydrogens is 560 g/mol. The molecule has 11 nitrogen and oxygen atoms in total. The Kier molecular flexibility index (Phi) is 7.82. The van der Waals surface area contributed by atoms with Crippen LogP contribution >= 0.6 is 0 Å². The first kappa shape index (κ1) is 27.9. The summed E-state index contributed by atoms with van der Waals surface area (Å²) in [6.45, 7) is 0. The Bertz CT molecular complexity index is 2020. The Morgan fingerprint density at radius 2 is 1.32 bits per heavy atom. The molecule has 218 valence electrons. The van der Waals surface area contributed by atoms with E-state index in [2.05, 4.69) is 25.3 Å². The summed E-state index contributed by atoms with van der Waals surface area (Å²) in [4.78, 5) is 29.6. The van der Waals surface area contributed by atoms with E-state index >= 15 is 0 Å². The van der Waals surface area contributed by atoms with Crippen molar-refractivity contribution in [1.29, 1.82) is 0 Å². The number of amides is 1. The van der Waals surface area contributed by atoms with Crippen molar-refractivity contribution in [3.05, 3.63) is 109 Å². The first-order valence-corrected chi connectivity index (χ1v) is 13.4. The van der Waals surface area contributed by atoms with Crippen LogP contribution in [0.4, 0.5) is 11.4 Å². The number of benzene rings is 3. The summed E-state index contributed by atoms with van der Waals surface area (Å²) in [7, 11) is 3.07. The fraction of sp³-hybridized carbons (Fsp3) is 0.0606. The smallest absolute Gasteiger partial charge is 0.255 e. The van der Waals surface area contributed by atoms with Crippen molar-refractivity contribution < 1.29 is 23.1 Å². The highest BCUT2D eigenvalue weighted by molar-refractivity contribution is 6.05. The quantitative estimate of drug-likeness (QED) is 0.203. The lowest BCUT2D eigenvalue weighted by atomic mass is 10.1. The standard InChI is InChI=1S/C21H17N3O4.C12H9N3O/c1-26-17-9-8-13(12-18(17)27-2)19(25)23-15-6-3-5-14(11-15)20-24-16-7-4-10-22-21(16)28-20;13-9-4-1-3-8(7-9)11-15-10-5-2-6-14-12(10)16-11/h3-12H,1-2H3,(H,23,25);1-7H,13H2. The second kappa shape index (κ2) is 12.3. The number of pyridine rings is 2. The summed E-state index contributed by atoms with van der Waals surface area (Å²) >= 11 is 0. The van der Waals surface area contributed by atoms with E-state index in [1.807, 2.05) is 54.6 Å². The summed E-state index contributed by atoms with van der Waals surface area (Å²) in [6, 6.07) is 27.0. The number of methoxy groups -OCH3 is 2. The first-order chi connectivity index (χ1) is 21.5. The second-order valence-corrected chi connectivity index (χ2v) is 9.42. The molecule has 0 bridgehead atoms. The maximum absolute atomic E-state index is 12.6. The highest BCUT2D eigenvalue weighted by Gasteiger charge is 2.13. The maximum atomic E-state index is 12.6. The molecule has 0 aliphatic heterocycles. The van der Waals surface area contributed by atoms with Crippen molar-refractivity contribution in [1.82, 2.24) is 19.9 Å². The minimum Gasteiger partial charge on any atom is -0.493 e. The summed E-state index contributed by atoms with van der Waals surface area (Å²) in [5.74, 6) is 1.77. The van der Waals surface area contributed by atoms with Crippen LogP contribution in [0, 0.1) is 0 Å². The molecule has 0 spiro atoms. The topological polar surface area (TPSA) is 151 Å². The van der Waals surface area contributed by atoms with Crippen LogP contribution < -0.4 is 20.5 Å². The number of nitrogen functional groups attached to an aromatic ring is 1. The number of nitrogens with two attached hydrogens (primary N) is 1. The normalized spacial score (nSPS) is 10.7. The lowest BCUT2D eigenvalue weighted by molar-refractivity contribution is 0.102. The Balaban J connectivity index is 0.000000181. The highest BCUT2D eigenvalue weighted by atomic mass is 16.5. The number of oxazole rings is 2. The largest absolute Gasteiger partial charge is 0.493 e. The van der Waals surface area contributed by atoms with Gasteiger partial charge in [0, 0.05) is 40.5 Å². The fourth-order valence-corrected chi connectivity index (χ4v) is 4.37. The fourth-order valence-electron chi connectivity index (χ4n) is 4.37. The molecule has 3 N–H and O–H groups in total. The molecule has 7 aromatic rings. The molecular formula is C33H26N6O5. The molecule has 0 atom stereocenters. The molecule has 0 radical (unpaired) electrons. The van der Waals surface area contributed by atoms with E-state index in [4.69, 9.17) is 24.0 Å². The SMILES string of the molecule is COc1ccc(C(=O)Nc2cccc(-c3nc4cccnc4o3)c2)cc1OC.Nc1cccc(-c2nc3cccnc3o2)c1. The first-order valence-electron chi connectivity index (χ1n) is 13.4. The molecule has 44 heavy (non-hydrogen) atoms. The van der Waals surface area contributed by atoms with E-state index in [1.54, 1.807) is 55.9 Å². The van der Waals surface area contributed by atoms with Crippen molar-refractivity contribution in [2.45, 2.75) is 0 Å². The number of rotatable bonds is 6. The van der Waals surface area contributed by atoms with Gasteiger partial charge in [-0.2, -0.15) is 0 Å². The zero-order chi connectivity index (χ0) is 30.5. The minimum atomic E-state index is -0.266. The monoisotopic (exact) mass is 586 g/mol. The molecule has 11 heteroatoms. The van der Waals surface area contributed by atoms with Crippen LogP contribution in [0.25, 0.3) is 45.4 Å². The maximum Gasteiger partial charge on any atom is 0.255 e. The van der Waals surface area contributed by atoms with Gasteiger partial charge < -0.3 is 29.4 Å². The van der Waals surface area contributed by atoms with Crippen LogP contribution in [0.1, 0.15) is 10.4 Å². The number of carbonyl (C=O) groups excluding carboxylic acids is 1. The summed E-state index contributed by atoms with van der Waals surface area (Å²) < 4.78 is 21.7. The van der Waals surface area contributed by atoms with Gasteiger partial charge in [0.05, 0.1) is 14.2 Å². The van der Waals surface area contributed by atoms with Crippen LogP contribution in [0.15, 0.2) is 112 Å². The number of ether oxygens (including phenoxy) is 2. The summed E-state index contributed by atoms with van der Waals surface area (Å²) in [5.41, 5.74) is 11.5. The molecule has 7 rings (SSSR count). The third-order valence-electron chi connectivity index (χ3n) is 6.48. The van der Waals surface area contributed by atoms with Gasteiger partial charge in [-0.25, -0.2) is 19.9 Å². The van der Waals surface area contributed by atoms with E-state index < -0.39 is 0 Å². The van der Waals surface area contributed by atoms with Crippen LogP contribution in [-0.4, -0.2) is 40.1 Å². The van der Waals surface area contributed by atoms with E-state index in [0.29, 0.717) is 57.2 Å². The lowest BCUT2D eigenvalue weighted by Crippen LogP contribution is -2.12. The van der Waals surface area contributed by atoms with Crippen molar-refractivity contribution in [3.63, 3.8) is 0 Å². The molecule has 0 saturated carbocycles. The molecule has 3 aromatic carbocycles. The number of fused-ring (bicyclic) bond motifs is 2. The predicted molar refractivity (Wildman–Crippen MR) is 166 cm³/mol. The Morgan fingerprint density at radius 3 is 1.91 bits per heavy atom. The molecule has 1 amide bonds. The predicted octanol–water partition coefficient (Wildman–Crippen LogP) is 6.63. The van der Waals surface area contributed by atoms with Gasteiger partial charge in [-0.1, -0.05) is 12.1 Å². The van der Waals surface area contributed by atoms with Gasteiger partial charge in [-0.05, 0) is 78.9 Å². The number of hydrogen-bond donors (Lipinski definition) is 2. The number of carbonyl (C=O) groups is 1. The third kappa shape index (κ3) is 6.02. The van der Waals surface area contributed by atoms with Crippen LogP contribution in [0.3, 0.4) is 0 Å². The number of nitrogens with one attached hydrogen (secondary N) is 1. The van der Waals surface area contributed by atoms with Crippen LogP contribution in [-0.2, 0) is 0 Å². The van der Waals surface area contributed by atoms with Gasteiger partial charge in [0.15, 0.2) is 11.5 Å². The van der Waals surface area contributed by atoms with Gasteiger partial charge in [0.25, 0.3) is 5.91 Å². The molecule has 4 aromatic heterocycles. The number of anilines is 2. The van der Waals surface area contributed by atoms with Crippen LogP contribution in [0.5, 0.6) is 11.5 Å². The zero-order valence-corrected chi connectivity index (χ0v) is 23.7. The van der Waals surface area contributed by atoms with Gasteiger partial charge in [-0.15, -0.1) is 0 Å². The Morgan fingerprint density at radius 1 is 0.705 bits per heavy atom. The molecule has 0 saturated heterocycles. The highest BCUT2D eigenvalue weighted by Crippen LogP contribution is 2.29. The molecule has 0 aliphatic carbocycles. The van der Waals surface area contributed by atoms with Gasteiger partial charge >= 0.3 is 0 Å². The van der Waals surface area contributed by atoms with E-state index in [-0.39, 0.29) is 5.91 Å². The number of aromatic nitrogens is 4. The van der Waals surface area contributed by atoms with Crippen molar-refractivity contribution in [2.75, 3.05) is 25.3 Å². The van der Waals surface area contributed by atoms with E-state index in [1.165, 1.54) is 7.11 Å².